The summed E-state index contributed by atoms with van der Waals surface area (Å²) < 4.78 is 19.5. The van der Waals surface area contributed by atoms with Crippen LogP contribution in [0, 0.1) is 13.8 Å². The quantitative estimate of drug-likeness (QED) is 0.192. The fourth-order valence-corrected chi connectivity index (χ4v) is 15.5. The van der Waals surface area contributed by atoms with Crippen LogP contribution in [0.3, 0.4) is 0 Å². The molecule has 1 N–H and O–H groups in total. The number of phenols is 1. The number of rotatable bonds is 1. The van der Waals surface area contributed by atoms with Gasteiger partial charge in [0, 0.05) is 40.3 Å². The Kier molecular flexibility index (Phi) is 4.22. The van der Waals surface area contributed by atoms with E-state index in [1.54, 1.807) is 12.1 Å². The number of aryl methyl sites for hydroxylation is 2. The van der Waals surface area contributed by atoms with E-state index in [0.29, 0.717) is 5.75 Å². The van der Waals surface area contributed by atoms with Crippen molar-refractivity contribution in [1.82, 2.24) is 4.57 Å². The molecule has 0 saturated heterocycles. The Hall–Kier alpha value is -2.50. The lowest BCUT2D eigenvalue weighted by atomic mass is 10.2. The smallest absolute Gasteiger partial charge is 0.115 e. The summed E-state index contributed by atoms with van der Waals surface area (Å²) in [5.74, 6) is 0.298. The Morgan fingerprint density at radius 3 is 1.87 bits per heavy atom. The van der Waals surface area contributed by atoms with Gasteiger partial charge in [0.2, 0.25) is 0 Å². The summed E-state index contributed by atoms with van der Waals surface area (Å²) in [6.07, 6.45) is 0. The van der Waals surface area contributed by atoms with Crippen molar-refractivity contribution in [2.75, 3.05) is 0 Å². The van der Waals surface area contributed by atoms with Gasteiger partial charge in [-0.1, -0.05) is 0 Å². The molecule has 9 heteroatoms. The average molecular weight is 630 g/mol. The van der Waals surface area contributed by atoms with Crippen LogP contribution in [0.1, 0.15) is 9.75 Å². The van der Waals surface area contributed by atoms with Gasteiger partial charge in [0.25, 0.3) is 0 Å². The number of aromatic hydroxyl groups is 1. The molecule has 0 saturated carbocycles. The summed E-state index contributed by atoms with van der Waals surface area (Å²) in [5, 5.41) is 12.7. The van der Waals surface area contributed by atoms with Gasteiger partial charge in [-0.25, -0.2) is 0 Å². The largest absolute Gasteiger partial charge is 0.508 e. The fourth-order valence-electron chi connectivity index (χ4n) is 5.91. The highest BCUT2D eigenvalue weighted by Crippen LogP contribution is 2.55. The van der Waals surface area contributed by atoms with Crippen LogP contribution < -0.4 is 0 Å². The third-order valence-corrected chi connectivity index (χ3v) is 16.5. The monoisotopic (exact) mass is 629 g/mol. The lowest BCUT2D eigenvalue weighted by Gasteiger charge is -2.06. The molecule has 0 amide bonds. The zero-order valence-electron chi connectivity index (χ0n) is 20.4. The highest BCUT2D eigenvalue weighted by Gasteiger charge is 2.24. The Morgan fingerprint density at radius 1 is 0.513 bits per heavy atom. The standard InChI is InChI=1S/C30H15NOS7/c1-11-7-17-24(33-11)27-21(31(17)13-3-5-14(32)6-4-13)26-22(38-27)15-9-19-16(10-18(15)35-26)23-28(36-19)30-29(39-23)25-20(37-30)8-12(2)34-25/h3-10,32H,1-2H3. The molecule has 0 bridgehead atoms. The van der Waals surface area contributed by atoms with Crippen molar-refractivity contribution >= 4 is 158 Å². The molecule has 0 aliphatic rings. The zero-order valence-corrected chi connectivity index (χ0v) is 26.1. The molecule has 10 aromatic rings. The Balaban J connectivity index is 1.29. The van der Waals surface area contributed by atoms with Crippen LogP contribution in [0.15, 0.2) is 48.5 Å². The summed E-state index contributed by atoms with van der Waals surface area (Å²) >= 11 is 13.6. The van der Waals surface area contributed by atoms with E-state index in [9.17, 15) is 5.11 Å². The number of nitrogens with zero attached hydrogens (tertiary/aromatic N) is 1. The minimum absolute atomic E-state index is 0.298. The predicted octanol–water partition coefficient (Wildman–Crippen LogP) is 12.5. The Bertz CT molecular complexity index is 2640. The van der Waals surface area contributed by atoms with Gasteiger partial charge in [0.15, 0.2) is 0 Å². The summed E-state index contributed by atoms with van der Waals surface area (Å²) in [5.41, 5.74) is 3.67. The first-order valence-corrected chi connectivity index (χ1v) is 18.1. The third kappa shape index (κ3) is 2.79. The molecule has 8 aromatic heterocycles. The molecular formula is C30H15NOS7. The third-order valence-electron chi connectivity index (χ3n) is 7.51. The Morgan fingerprint density at radius 2 is 1.08 bits per heavy atom. The zero-order chi connectivity index (χ0) is 25.7. The van der Waals surface area contributed by atoms with E-state index in [2.05, 4.69) is 42.7 Å². The number of phenolic OH excluding ortho intramolecular Hbond substituents is 1. The van der Waals surface area contributed by atoms with Crippen LogP contribution >= 0.6 is 79.4 Å². The molecule has 10 rings (SSSR count). The van der Waals surface area contributed by atoms with Crippen molar-refractivity contribution in [2.24, 2.45) is 0 Å². The normalized spacial score (nSPS) is 13.0. The van der Waals surface area contributed by atoms with Crippen LogP contribution in [-0.2, 0) is 0 Å². The van der Waals surface area contributed by atoms with Gasteiger partial charge >= 0.3 is 0 Å². The number of thiophene rings is 7. The van der Waals surface area contributed by atoms with E-state index in [0.717, 1.165) is 5.69 Å². The van der Waals surface area contributed by atoms with Gasteiger partial charge in [-0.3, -0.25) is 0 Å². The maximum Gasteiger partial charge on any atom is 0.115 e. The number of benzene rings is 2. The second-order valence-electron chi connectivity index (χ2n) is 9.98. The topological polar surface area (TPSA) is 25.2 Å². The molecule has 8 heterocycles. The minimum atomic E-state index is 0.298. The van der Waals surface area contributed by atoms with Crippen molar-refractivity contribution in [2.45, 2.75) is 13.8 Å². The lowest BCUT2D eigenvalue weighted by molar-refractivity contribution is 0.475. The van der Waals surface area contributed by atoms with Crippen LogP contribution in [0.2, 0.25) is 0 Å². The predicted molar refractivity (Wildman–Crippen MR) is 182 cm³/mol. The highest BCUT2D eigenvalue weighted by molar-refractivity contribution is 7.46. The second-order valence-corrected chi connectivity index (χ2v) is 17.7. The van der Waals surface area contributed by atoms with E-state index >= 15 is 0 Å². The molecule has 0 radical (unpaired) electrons. The van der Waals surface area contributed by atoms with Gasteiger partial charge in [0.1, 0.15) is 5.75 Å². The Labute approximate surface area is 248 Å². The van der Waals surface area contributed by atoms with Crippen LogP contribution in [0.4, 0.5) is 0 Å². The average Bonchev–Trinajstić information content (AvgIpc) is 3.74. The van der Waals surface area contributed by atoms with Gasteiger partial charge < -0.3 is 9.67 Å². The van der Waals surface area contributed by atoms with E-state index in [4.69, 9.17) is 0 Å². The van der Waals surface area contributed by atoms with E-state index in [1.165, 1.54) is 88.0 Å². The summed E-state index contributed by atoms with van der Waals surface area (Å²) in [7, 11) is 0. The highest BCUT2D eigenvalue weighted by atomic mass is 32.1. The fraction of sp³-hybridized carbons (Fsp3) is 0.0667. The first-order chi connectivity index (χ1) is 19.0. The first-order valence-electron chi connectivity index (χ1n) is 12.4. The van der Waals surface area contributed by atoms with E-state index < -0.39 is 0 Å². The van der Waals surface area contributed by atoms with E-state index in [1.807, 2.05) is 91.5 Å². The number of fused-ring (bicyclic) bond motifs is 14. The van der Waals surface area contributed by atoms with Crippen molar-refractivity contribution in [3.05, 3.63) is 58.3 Å². The minimum Gasteiger partial charge on any atom is -0.508 e. The number of hydrogen-bond donors (Lipinski definition) is 1. The van der Waals surface area contributed by atoms with Crippen molar-refractivity contribution in [3.8, 4) is 11.4 Å². The molecule has 2 nitrogen and oxygen atoms in total. The molecule has 0 unspecified atom stereocenters. The molecule has 0 aliphatic carbocycles. The van der Waals surface area contributed by atoms with E-state index in [-0.39, 0.29) is 0 Å². The molecule has 2 aromatic carbocycles. The first kappa shape index (κ1) is 22.2. The maximum atomic E-state index is 9.95. The van der Waals surface area contributed by atoms with Gasteiger partial charge in [-0.15, -0.1) is 79.4 Å². The molecule has 0 aliphatic heterocycles. The van der Waals surface area contributed by atoms with Gasteiger partial charge in [0.05, 0.1) is 53.3 Å². The maximum absolute atomic E-state index is 9.95. The molecule has 0 atom stereocenters. The summed E-state index contributed by atoms with van der Waals surface area (Å²) in [4.78, 5) is 2.73. The second kappa shape index (κ2) is 7.41. The number of aromatic nitrogens is 1. The van der Waals surface area contributed by atoms with Crippen molar-refractivity contribution < 1.29 is 5.11 Å². The molecule has 39 heavy (non-hydrogen) atoms. The lowest BCUT2D eigenvalue weighted by Crippen LogP contribution is -1.91. The van der Waals surface area contributed by atoms with Crippen LogP contribution in [0.5, 0.6) is 5.75 Å². The molecule has 188 valence electrons. The van der Waals surface area contributed by atoms with Crippen LogP contribution in [0.25, 0.3) is 83.9 Å². The van der Waals surface area contributed by atoms with Crippen molar-refractivity contribution in [1.29, 1.82) is 0 Å². The molecular weight excluding hydrogens is 615 g/mol. The SMILES string of the molecule is Cc1cc2sc3c(sc4c5cc6sc7c(sc8c9sc(C)cc9n(-c9ccc(O)cc9)c78)c6cc5sc43)c2s1. The molecule has 0 spiro atoms. The van der Waals surface area contributed by atoms with Gasteiger partial charge in [-0.05, 0) is 62.4 Å². The van der Waals surface area contributed by atoms with Crippen LogP contribution in [-0.4, -0.2) is 9.67 Å². The number of hydrogen-bond acceptors (Lipinski definition) is 8. The summed E-state index contributed by atoms with van der Waals surface area (Å²) in [6.45, 7) is 4.41. The summed E-state index contributed by atoms with van der Waals surface area (Å²) in [6, 6.07) is 17.2. The van der Waals surface area contributed by atoms with Crippen molar-refractivity contribution in [3.63, 3.8) is 0 Å². The molecule has 0 fully saturated rings. The van der Waals surface area contributed by atoms with Gasteiger partial charge in [-0.2, -0.15) is 0 Å².